The Morgan fingerprint density at radius 3 is 2.55 bits per heavy atom. The topological polar surface area (TPSA) is 64.7 Å². The predicted octanol–water partition coefficient (Wildman–Crippen LogP) is 3.72. The molecule has 6 heteroatoms. The Bertz CT molecular complexity index is 678. The van der Waals surface area contributed by atoms with Crippen molar-refractivity contribution in [1.82, 2.24) is 0 Å². The van der Waals surface area contributed by atoms with Crippen LogP contribution in [0, 0.1) is 13.8 Å². The SMILES string of the molecule is COc1ccc(C(Sc2scc(C)c2C)C(=O)C=NN)cc1. The van der Waals surface area contributed by atoms with E-state index in [-0.39, 0.29) is 11.0 Å². The molecule has 0 saturated heterocycles. The maximum Gasteiger partial charge on any atom is 0.193 e. The van der Waals surface area contributed by atoms with Crippen LogP contribution in [0.15, 0.2) is 39.0 Å². The highest BCUT2D eigenvalue weighted by Gasteiger charge is 2.22. The van der Waals surface area contributed by atoms with Crippen molar-refractivity contribution in [3.8, 4) is 5.75 Å². The number of hydrogen-bond acceptors (Lipinski definition) is 6. The fraction of sp³-hybridized carbons (Fsp3) is 0.250. The maximum absolute atomic E-state index is 12.3. The predicted molar refractivity (Wildman–Crippen MR) is 93.1 cm³/mol. The van der Waals surface area contributed by atoms with Gasteiger partial charge in [0.15, 0.2) is 5.78 Å². The standard InChI is InChI=1S/C16H18N2O2S2/c1-10-9-21-16(11(10)2)22-15(14(19)8-18-17)12-4-6-13(20-3)7-5-12/h4-9,15H,17H2,1-3H3. The van der Waals surface area contributed by atoms with Crippen LogP contribution in [0.1, 0.15) is 21.9 Å². The number of rotatable bonds is 6. The number of hydrazone groups is 1. The van der Waals surface area contributed by atoms with E-state index < -0.39 is 0 Å². The second kappa shape index (κ2) is 7.47. The molecule has 0 saturated carbocycles. The molecule has 4 nitrogen and oxygen atoms in total. The van der Waals surface area contributed by atoms with E-state index in [0.29, 0.717) is 0 Å². The number of methoxy groups -OCH3 is 1. The van der Waals surface area contributed by atoms with Gasteiger partial charge in [0.05, 0.1) is 22.8 Å². The number of hydrogen-bond donors (Lipinski definition) is 1. The monoisotopic (exact) mass is 334 g/mol. The largest absolute Gasteiger partial charge is 0.497 e. The minimum Gasteiger partial charge on any atom is -0.497 e. The number of aryl methyl sites for hydroxylation is 1. The first-order chi connectivity index (χ1) is 10.6. The molecule has 0 radical (unpaired) electrons. The summed E-state index contributed by atoms with van der Waals surface area (Å²) in [7, 11) is 1.62. The van der Waals surface area contributed by atoms with E-state index in [1.807, 2.05) is 24.3 Å². The third-order valence-corrected chi connectivity index (χ3v) is 6.17. The molecule has 0 spiro atoms. The third kappa shape index (κ3) is 3.69. The molecule has 1 aromatic heterocycles. The van der Waals surface area contributed by atoms with Crippen LogP contribution >= 0.6 is 23.1 Å². The van der Waals surface area contributed by atoms with Gasteiger partial charge < -0.3 is 10.6 Å². The summed E-state index contributed by atoms with van der Waals surface area (Å²) in [5.74, 6) is 5.78. The minimum atomic E-state index is -0.366. The molecule has 0 aliphatic heterocycles. The number of carbonyl (C=O) groups is 1. The first-order valence-corrected chi connectivity index (χ1v) is 8.45. The van der Waals surface area contributed by atoms with Crippen molar-refractivity contribution in [3.63, 3.8) is 0 Å². The molecule has 2 aromatic rings. The molecule has 0 aliphatic rings. The average Bonchev–Trinajstić information content (AvgIpc) is 2.84. The summed E-state index contributed by atoms with van der Waals surface area (Å²) < 4.78 is 6.30. The summed E-state index contributed by atoms with van der Waals surface area (Å²) in [6, 6.07) is 7.49. The van der Waals surface area contributed by atoms with Gasteiger partial charge in [-0.2, -0.15) is 5.10 Å². The second-order valence-corrected chi connectivity index (χ2v) is 7.04. The smallest absolute Gasteiger partial charge is 0.193 e. The van der Waals surface area contributed by atoms with Gasteiger partial charge in [0, 0.05) is 0 Å². The lowest BCUT2D eigenvalue weighted by Gasteiger charge is -2.14. The lowest BCUT2D eigenvalue weighted by atomic mass is 10.1. The van der Waals surface area contributed by atoms with Crippen molar-refractivity contribution in [3.05, 3.63) is 46.3 Å². The lowest BCUT2D eigenvalue weighted by molar-refractivity contribution is -0.112. The summed E-state index contributed by atoms with van der Waals surface area (Å²) in [6.45, 7) is 4.14. The van der Waals surface area contributed by atoms with Crippen LogP contribution in [-0.2, 0) is 4.79 Å². The van der Waals surface area contributed by atoms with Crippen molar-refractivity contribution in [1.29, 1.82) is 0 Å². The van der Waals surface area contributed by atoms with Gasteiger partial charge >= 0.3 is 0 Å². The molecule has 116 valence electrons. The van der Waals surface area contributed by atoms with Crippen molar-refractivity contribution >= 4 is 35.1 Å². The number of ketones is 1. The van der Waals surface area contributed by atoms with Crippen molar-refractivity contribution in [2.24, 2.45) is 10.9 Å². The van der Waals surface area contributed by atoms with Gasteiger partial charge in [0.1, 0.15) is 5.75 Å². The summed E-state index contributed by atoms with van der Waals surface area (Å²) in [4.78, 5) is 12.3. The van der Waals surface area contributed by atoms with E-state index >= 15 is 0 Å². The average molecular weight is 334 g/mol. The number of thioether (sulfide) groups is 1. The van der Waals surface area contributed by atoms with E-state index in [4.69, 9.17) is 10.6 Å². The fourth-order valence-electron chi connectivity index (χ4n) is 1.91. The number of carbonyl (C=O) groups excluding carboxylic acids is 1. The highest BCUT2D eigenvalue weighted by Crippen LogP contribution is 2.41. The van der Waals surface area contributed by atoms with Crippen LogP contribution in [0.25, 0.3) is 0 Å². The number of thiophene rings is 1. The van der Waals surface area contributed by atoms with Crippen LogP contribution < -0.4 is 10.6 Å². The summed E-state index contributed by atoms with van der Waals surface area (Å²) >= 11 is 3.18. The molecule has 0 fully saturated rings. The molecule has 0 amide bonds. The molecule has 0 aliphatic carbocycles. The van der Waals surface area contributed by atoms with E-state index in [9.17, 15) is 4.79 Å². The summed E-state index contributed by atoms with van der Waals surface area (Å²) in [5.41, 5.74) is 3.35. The Morgan fingerprint density at radius 2 is 2.05 bits per heavy atom. The quantitative estimate of drug-likeness (QED) is 0.378. The fourth-order valence-corrected chi connectivity index (χ4v) is 4.39. The van der Waals surface area contributed by atoms with Gasteiger partial charge in [-0.3, -0.25) is 4.79 Å². The summed E-state index contributed by atoms with van der Waals surface area (Å²) in [6.07, 6.45) is 1.18. The van der Waals surface area contributed by atoms with E-state index in [1.54, 1.807) is 18.4 Å². The first-order valence-electron chi connectivity index (χ1n) is 6.69. The maximum atomic E-state index is 12.3. The van der Waals surface area contributed by atoms with Crippen LogP contribution in [-0.4, -0.2) is 19.1 Å². The van der Waals surface area contributed by atoms with Gasteiger partial charge in [0.2, 0.25) is 0 Å². The van der Waals surface area contributed by atoms with E-state index in [1.165, 1.54) is 29.1 Å². The van der Waals surface area contributed by atoms with E-state index in [0.717, 1.165) is 15.5 Å². The van der Waals surface area contributed by atoms with Crippen molar-refractivity contribution in [2.45, 2.75) is 23.3 Å². The van der Waals surface area contributed by atoms with Crippen LogP contribution in [0.3, 0.4) is 0 Å². The molecule has 1 heterocycles. The number of nitrogens with two attached hydrogens (primary N) is 1. The zero-order valence-corrected chi connectivity index (χ0v) is 14.3. The molecule has 1 unspecified atom stereocenters. The Balaban J connectivity index is 2.33. The molecule has 2 rings (SSSR count). The van der Waals surface area contributed by atoms with Gasteiger partial charge in [-0.1, -0.05) is 23.9 Å². The minimum absolute atomic E-state index is 0.122. The highest BCUT2D eigenvalue weighted by molar-refractivity contribution is 8.02. The van der Waals surface area contributed by atoms with Crippen LogP contribution in [0.2, 0.25) is 0 Å². The van der Waals surface area contributed by atoms with E-state index in [2.05, 4.69) is 24.3 Å². The number of Topliss-reactive ketones (excluding diaryl/α,β-unsaturated/α-hetero) is 1. The molecule has 22 heavy (non-hydrogen) atoms. The Hall–Kier alpha value is -1.79. The van der Waals surface area contributed by atoms with Crippen LogP contribution in [0.5, 0.6) is 5.75 Å². The third-order valence-electron chi connectivity index (χ3n) is 3.34. The summed E-state index contributed by atoms with van der Waals surface area (Å²) in [5, 5.41) is 5.11. The highest BCUT2D eigenvalue weighted by atomic mass is 32.2. The number of benzene rings is 1. The Kier molecular flexibility index (Phi) is 5.63. The zero-order chi connectivity index (χ0) is 16.1. The molecule has 0 bridgehead atoms. The Labute approximate surface area is 138 Å². The van der Waals surface area contributed by atoms with Gasteiger partial charge in [0.25, 0.3) is 0 Å². The van der Waals surface area contributed by atoms with Crippen molar-refractivity contribution in [2.75, 3.05) is 7.11 Å². The number of ether oxygens (including phenoxy) is 1. The van der Waals surface area contributed by atoms with Gasteiger partial charge in [-0.25, -0.2) is 0 Å². The van der Waals surface area contributed by atoms with Gasteiger partial charge in [-0.15, -0.1) is 11.3 Å². The molecule has 1 atom stereocenters. The second-order valence-electron chi connectivity index (χ2n) is 4.78. The molecular weight excluding hydrogens is 316 g/mol. The molecule has 2 N–H and O–H groups in total. The van der Waals surface area contributed by atoms with Crippen molar-refractivity contribution < 1.29 is 9.53 Å². The van der Waals surface area contributed by atoms with Gasteiger partial charge in [-0.05, 0) is 48.1 Å². The number of nitrogens with zero attached hydrogens (tertiary/aromatic N) is 1. The molecular formula is C16H18N2O2S2. The normalized spacial score (nSPS) is 12.5. The van der Waals surface area contributed by atoms with Crippen LogP contribution in [0.4, 0.5) is 0 Å². The molecule has 1 aromatic carbocycles. The lowest BCUT2D eigenvalue weighted by Crippen LogP contribution is -2.11. The zero-order valence-electron chi connectivity index (χ0n) is 12.7. The first kappa shape index (κ1) is 16.6. The Morgan fingerprint density at radius 1 is 1.36 bits per heavy atom.